The van der Waals surface area contributed by atoms with Crippen molar-refractivity contribution < 1.29 is 9.90 Å². The number of hydrogen-bond acceptors (Lipinski definition) is 4. The number of aliphatic hydroxyl groups is 1. The maximum Gasteiger partial charge on any atom is 0.253 e. The van der Waals surface area contributed by atoms with Crippen LogP contribution in [0.3, 0.4) is 0 Å². The van der Waals surface area contributed by atoms with Crippen molar-refractivity contribution in [2.24, 2.45) is 5.92 Å². The Labute approximate surface area is 113 Å². The van der Waals surface area contributed by atoms with Gasteiger partial charge >= 0.3 is 0 Å². The average Bonchev–Trinajstić information content (AvgIpc) is 2.39. The molecule has 5 heteroatoms. The Morgan fingerprint density at radius 2 is 2.21 bits per heavy atom. The second-order valence-electron chi connectivity index (χ2n) is 5.38. The SMILES string of the molecule is Cc1cc(C(=O)NCC2CCCC(O)C2)c(C)nn1. The van der Waals surface area contributed by atoms with E-state index in [1.165, 1.54) is 0 Å². The minimum absolute atomic E-state index is 0.101. The number of carbonyl (C=O) groups excluding carboxylic acids is 1. The van der Waals surface area contributed by atoms with Crippen molar-refractivity contribution in [2.75, 3.05) is 6.54 Å². The average molecular weight is 263 g/mol. The van der Waals surface area contributed by atoms with Crippen LogP contribution < -0.4 is 5.32 Å². The van der Waals surface area contributed by atoms with Gasteiger partial charge in [-0.1, -0.05) is 6.42 Å². The van der Waals surface area contributed by atoms with Gasteiger partial charge in [-0.2, -0.15) is 10.2 Å². The number of rotatable bonds is 3. The third-order valence-electron chi connectivity index (χ3n) is 3.65. The number of amides is 1. The van der Waals surface area contributed by atoms with Crippen molar-refractivity contribution >= 4 is 5.91 Å². The van der Waals surface area contributed by atoms with Crippen LogP contribution in [0.5, 0.6) is 0 Å². The summed E-state index contributed by atoms with van der Waals surface area (Å²) in [6, 6.07) is 1.76. The number of aliphatic hydroxyl groups excluding tert-OH is 1. The highest BCUT2D eigenvalue weighted by atomic mass is 16.3. The minimum atomic E-state index is -0.206. The molecular weight excluding hydrogens is 242 g/mol. The minimum Gasteiger partial charge on any atom is -0.393 e. The predicted molar refractivity (Wildman–Crippen MR) is 71.8 cm³/mol. The smallest absolute Gasteiger partial charge is 0.253 e. The van der Waals surface area contributed by atoms with E-state index in [1.54, 1.807) is 13.0 Å². The van der Waals surface area contributed by atoms with Gasteiger partial charge in [0, 0.05) is 6.54 Å². The van der Waals surface area contributed by atoms with Gasteiger partial charge in [0.2, 0.25) is 0 Å². The Balaban J connectivity index is 1.92. The lowest BCUT2D eigenvalue weighted by molar-refractivity contribution is 0.0873. The molecule has 1 saturated carbocycles. The number of nitrogens with zero attached hydrogens (tertiary/aromatic N) is 2. The molecule has 2 unspecified atom stereocenters. The molecule has 0 saturated heterocycles. The quantitative estimate of drug-likeness (QED) is 0.863. The van der Waals surface area contributed by atoms with E-state index >= 15 is 0 Å². The van der Waals surface area contributed by atoms with Crippen LogP contribution in [0.15, 0.2) is 6.07 Å². The molecule has 0 radical (unpaired) electrons. The molecule has 0 aliphatic heterocycles. The first-order valence-electron chi connectivity index (χ1n) is 6.83. The molecule has 1 aliphatic carbocycles. The van der Waals surface area contributed by atoms with Gasteiger partial charge in [-0.05, 0) is 45.1 Å². The molecule has 0 spiro atoms. The van der Waals surface area contributed by atoms with Crippen molar-refractivity contribution in [3.63, 3.8) is 0 Å². The standard InChI is InChI=1S/C14H21N3O2/c1-9-6-13(10(2)17-16-9)14(19)15-8-11-4-3-5-12(18)7-11/h6,11-12,18H,3-5,7-8H2,1-2H3,(H,15,19). The molecule has 1 aromatic rings. The summed E-state index contributed by atoms with van der Waals surface area (Å²) in [6.45, 7) is 4.23. The monoisotopic (exact) mass is 263 g/mol. The third-order valence-corrected chi connectivity index (χ3v) is 3.65. The van der Waals surface area contributed by atoms with Gasteiger partial charge in [0.25, 0.3) is 5.91 Å². The van der Waals surface area contributed by atoms with Gasteiger partial charge in [0.15, 0.2) is 0 Å². The molecule has 2 rings (SSSR count). The van der Waals surface area contributed by atoms with Crippen LogP contribution in [0, 0.1) is 19.8 Å². The van der Waals surface area contributed by atoms with E-state index in [1.807, 2.05) is 6.92 Å². The van der Waals surface area contributed by atoms with Crippen LogP contribution in [-0.4, -0.2) is 33.9 Å². The number of hydrogen-bond donors (Lipinski definition) is 2. The fourth-order valence-corrected chi connectivity index (χ4v) is 2.56. The van der Waals surface area contributed by atoms with Crippen LogP contribution in [0.25, 0.3) is 0 Å². The van der Waals surface area contributed by atoms with Crippen LogP contribution in [-0.2, 0) is 0 Å². The van der Waals surface area contributed by atoms with Crippen LogP contribution in [0.4, 0.5) is 0 Å². The lowest BCUT2D eigenvalue weighted by Crippen LogP contribution is -2.33. The van der Waals surface area contributed by atoms with Gasteiger partial charge < -0.3 is 10.4 Å². The molecule has 2 atom stereocenters. The predicted octanol–water partition coefficient (Wildman–Crippen LogP) is 1.37. The van der Waals surface area contributed by atoms with E-state index in [0.717, 1.165) is 31.4 Å². The fraction of sp³-hybridized carbons (Fsp3) is 0.643. The van der Waals surface area contributed by atoms with E-state index in [2.05, 4.69) is 15.5 Å². The third kappa shape index (κ3) is 3.73. The van der Waals surface area contributed by atoms with Crippen molar-refractivity contribution in [2.45, 2.75) is 45.6 Å². The first-order chi connectivity index (χ1) is 9.06. The lowest BCUT2D eigenvalue weighted by atomic mass is 9.87. The molecule has 0 bridgehead atoms. The fourth-order valence-electron chi connectivity index (χ4n) is 2.56. The summed E-state index contributed by atoms with van der Waals surface area (Å²) in [7, 11) is 0. The molecule has 2 N–H and O–H groups in total. The Morgan fingerprint density at radius 1 is 1.42 bits per heavy atom. The van der Waals surface area contributed by atoms with E-state index in [4.69, 9.17) is 0 Å². The summed E-state index contributed by atoms with van der Waals surface area (Å²) in [6.07, 6.45) is 3.58. The molecule has 104 valence electrons. The Morgan fingerprint density at radius 3 is 2.95 bits per heavy atom. The van der Waals surface area contributed by atoms with Crippen molar-refractivity contribution in [1.29, 1.82) is 0 Å². The van der Waals surface area contributed by atoms with Gasteiger partial charge in [-0.15, -0.1) is 0 Å². The number of aryl methyl sites for hydroxylation is 2. The zero-order valence-electron chi connectivity index (χ0n) is 11.5. The van der Waals surface area contributed by atoms with Crippen molar-refractivity contribution in [1.82, 2.24) is 15.5 Å². The first-order valence-corrected chi connectivity index (χ1v) is 6.83. The second kappa shape index (κ2) is 6.10. The highest BCUT2D eigenvalue weighted by molar-refractivity contribution is 5.95. The molecule has 19 heavy (non-hydrogen) atoms. The molecular formula is C14H21N3O2. The Bertz CT molecular complexity index is 462. The molecule has 0 aromatic carbocycles. The molecule has 5 nitrogen and oxygen atoms in total. The maximum atomic E-state index is 12.1. The Hall–Kier alpha value is -1.49. The molecule has 1 aliphatic rings. The highest BCUT2D eigenvalue weighted by Crippen LogP contribution is 2.23. The molecule has 1 amide bonds. The lowest BCUT2D eigenvalue weighted by Gasteiger charge is -2.25. The van der Waals surface area contributed by atoms with Crippen molar-refractivity contribution in [3.05, 3.63) is 23.0 Å². The Kier molecular flexibility index (Phi) is 4.47. The zero-order valence-corrected chi connectivity index (χ0v) is 11.5. The summed E-state index contributed by atoms with van der Waals surface area (Å²) in [5, 5.41) is 20.4. The van der Waals surface area contributed by atoms with E-state index in [0.29, 0.717) is 23.7 Å². The van der Waals surface area contributed by atoms with Crippen molar-refractivity contribution in [3.8, 4) is 0 Å². The topological polar surface area (TPSA) is 75.1 Å². The zero-order chi connectivity index (χ0) is 13.8. The largest absolute Gasteiger partial charge is 0.393 e. The van der Waals surface area contributed by atoms with E-state index in [-0.39, 0.29) is 12.0 Å². The summed E-state index contributed by atoms with van der Waals surface area (Å²) < 4.78 is 0. The first kappa shape index (κ1) is 13.9. The summed E-state index contributed by atoms with van der Waals surface area (Å²) in [5.74, 6) is 0.277. The summed E-state index contributed by atoms with van der Waals surface area (Å²) in [4.78, 5) is 12.1. The number of nitrogens with one attached hydrogen (secondary N) is 1. The molecule has 1 aromatic heterocycles. The summed E-state index contributed by atoms with van der Waals surface area (Å²) >= 11 is 0. The summed E-state index contributed by atoms with van der Waals surface area (Å²) in [5.41, 5.74) is 1.97. The molecule has 1 fully saturated rings. The number of carbonyl (C=O) groups is 1. The van der Waals surface area contributed by atoms with Crippen LogP contribution in [0.2, 0.25) is 0 Å². The van der Waals surface area contributed by atoms with E-state index in [9.17, 15) is 9.90 Å². The van der Waals surface area contributed by atoms with Gasteiger partial charge in [0.1, 0.15) is 0 Å². The molecule has 1 heterocycles. The van der Waals surface area contributed by atoms with Gasteiger partial charge in [-0.3, -0.25) is 4.79 Å². The van der Waals surface area contributed by atoms with Crippen LogP contribution >= 0.6 is 0 Å². The maximum absolute atomic E-state index is 12.1. The van der Waals surface area contributed by atoms with E-state index < -0.39 is 0 Å². The van der Waals surface area contributed by atoms with Crippen LogP contribution in [0.1, 0.15) is 47.4 Å². The normalized spacial score (nSPS) is 23.1. The number of aromatic nitrogens is 2. The van der Waals surface area contributed by atoms with Gasteiger partial charge in [-0.25, -0.2) is 0 Å². The highest BCUT2D eigenvalue weighted by Gasteiger charge is 2.21. The second-order valence-corrected chi connectivity index (χ2v) is 5.38. The van der Waals surface area contributed by atoms with Gasteiger partial charge in [0.05, 0.1) is 23.1 Å².